The van der Waals surface area contributed by atoms with Gasteiger partial charge in [0.05, 0.1) is 11.9 Å². The lowest BCUT2D eigenvalue weighted by molar-refractivity contribution is -0.119. The Balaban J connectivity index is 2.30. The van der Waals surface area contributed by atoms with Crippen molar-refractivity contribution in [3.05, 3.63) is 42.1 Å². The maximum Gasteiger partial charge on any atom is 0.227 e. The molecule has 4 heteroatoms. The molecule has 1 aromatic carbocycles. The number of pyridine rings is 1. The summed E-state index contributed by atoms with van der Waals surface area (Å²) < 4.78 is 0. The van der Waals surface area contributed by atoms with Crippen LogP contribution in [-0.4, -0.2) is 23.7 Å². The van der Waals surface area contributed by atoms with Crippen LogP contribution in [0.25, 0.3) is 10.9 Å². The summed E-state index contributed by atoms with van der Waals surface area (Å²) in [5.74, 6) is -0.569. The third-order valence-corrected chi connectivity index (χ3v) is 2.48. The number of hydrogen-bond donors (Lipinski definition) is 1. The lowest BCUT2D eigenvalue weighted by Gasteiger charge is -2.01. The average molecular weight is 228 g/mol. The van der Waals surface area contributed by atoms with E-state index in [9.17, 15) is 9.59 Å². The van der Waals surface area contributed by atoms with Crippen molar-refractivity contribution in [2.75, 3.05) is 7.05 Å². The van der Waals surface area contributed by atoms with Gasteiger partial charge in [-0.05, 0) is 12.1 Å². The molecule has 0 bridgehead atoms. The van der Waals surface area contributed by atoms with Gasteiger partial charge in [0, 0.05) is 12.4 Å². The monoisotopic (exact) mass is 228 g/mol. The van der Waals surface area contributed by atoms with Gasteiger partial charge in [-0.25, -0.2) is 4.98 Å². The maximum absolute atomic E-state index is 11.7. The SMILES string of the molecule is CNC(=O)CC(=O)c1ccc2ccccc2n1. The van der Waals surface area contributed by atoms with Gasteiger partial charge >= 0.3 is 0 Å². The number of carbonyl (C=O) groups excluding carboxylic acids is 2. The highest BCUT2D eigenvalue weighted by Crippen LogP contribution is 2.12. The molecule has 2 aromatic rings. The van der Waals surface area contributed by atoms with E-state index in [1.165, 1.54) is 7.05 Å². The van der Waals surface area contributed by atoms with Crippen LogP contribution in [0.15, 0.2) is 36.4 Å². The van der Waals surface area contributed by atoms with E-state index in [4.69, 9.17) is 0 Å². The fraction of sp³-hybridized carbons (Fsp3) is 0.154. The van der Waals surface area contributed by atoms with Crippen molar-refractivity contribution < 1.29 is 9.59 Å². The van der Waals surface area contributed by atoms with Crippen molar-refractivity contribution in [1.29, 1.82) is 0 Å². The molecular formula is C13H12N2O2. The van der Waals surface area contributed by atoms with E-state index in [1.807, 2.05) is 30.3 Å². The first kappa shape index (κ1) is 11.3. The largest absolute Gasteiger partial charge is 0.359 e. The molecule has 0 aliphatic heterocycles. The number of amides is 1. The molecule has 0 spiro atoms. The molecule has 0 saturated heterocycles. The number of fused-ring (bicyclic) bond motifs is 1. The standard InChI is InChI=1S/C13H12N2O2/c1-14-13(17)8-12(16)11-7-6-9-4-2-3-5-10(9)15-11/h2-7H,8H2,1H3,(H,14,17). The number of carbonyl (C=O) groups is 2. The van der Waals surface area contributed by atoms with E-state index in [-0.39, 0.29) is 18.1 Å². The molecule has 1 N–H and O–H groups in total. The van der Waals surface area contributed by atoms with Crippen molar-refractivity contribution in [1.82, 2.24) is 10.3 Å². The fourth-order valence-corrected chi connectivity index (χ4v) is 1.55. The van der Waals surface area contributed by atoms with Crippen LogP contribution in [0, 0.1) is 0 Å². The Labute approximate surface area is 98.7 Å². The second-order valence-corrected chi connectivity index (χ2v) is 3.66. The Hall–Kier alpha value is -2.23. The number of rotatable bonds is 3. The molecule has 17 heavy (non-hydrogen) atoms. The lowest BCUT2D eigenvalue weighted by atomic mass is 10.1. The van der Waals surface area contributed by atoms with E-state index in [0.29, 0.717) is 5.69 Å². The fourth-order valence-electron chi connectivity index (χ4n) is 1.55. The highest BCUT2D eigenvalue weighted by Gasteiger charge is 2.12. The molecule has 1 amide bonds. The van der Waals surface area contributed by atoms with Gasteiger partial charge in [0.1, 0.15) is 5.69 Å². The Morgan fingerprint density at radius 3 is 2.71 bits per heavy atom. The summed E-state index contributed by atoms with van der Waals surface area (Å²) in [6, 6.07) is 11.0. The summed E-state index contributed by atoms with van der Waals surface area (Å²) in [4.78, 5) is 27.1. The van der Waals surface area contributed by atoms with E-state index in [1.54, 1.807) is 6.07 Å². The van der Waals surface area contributed by atoms with Gasteiger partial charge in [-0.2, -0.15) is 0 Å². The van der Waals surface area contributed by atoms with Crippen LogP contribution in [0.4, 0.5) is 0 Å². The molecule has 0 atom stereocenters. The molecule has 0 radical (unpaired) electrons. The quantitative estimate of drug-likeness (QED) is 0.640. The molecule has 0 aliphatic rings. The minimum Gasteiger partial charge on any atom is -0.359 e. The first-order valence-corrected chi connectivity index (χ1v) is 5.30. The summed E-state index contributed by atoms with van der Waals surface area (Å²) in [7, 11) is 1.50. The average Bonchev–Trinajstić information content (AvgIpc) is 2.38. The Morgan fingerprint density at radius 1 is 1.18 bits per heavy atom. The minimum absolute atomic E-state index is 0.165. The summed E-state index contributed by atoms with van der Waals surface area (Å²) in [6.07, 6.45) is -0.165. The third-order valence-electron chi connectivity index (χ3n) is 2.48. The smallest absolute Gasteiger partial charge is 0.227 e. The second kappa shape index (κ2) is 4.74. The number of hydrogen-bond acceptors (Lipinski definition) is 3. The number of benzene rings is 1. The number of nitrogens with one attached hydrogen (secondary N) is 1. The third kappa shape index (κ3) is 2.47. The molecule has 0 saturated carbocycles. The molecule has 0 unspecified atom stereocenters. The molecule has 0 fully saturated rings. The van der Waals surface area contributed by atoms with Gasteiger partial charge in [0.25, 0.3) is 0 Å². The van der Waals surface area contributed by atoms with Gasteiger partial charge in [-0.3, -0.25) is 9.59 Å². The molecule has 4 nitrogen and oxygen atoms in total. The van der Waals surface area contributed by atoms with Gasteiger partial charge in [0.2, 0.25) is 5.91 Å². The van der Waals surface area contributed by atoms with E-state index >= 15 is 0 Å². The molecule has 0 aliphatic carbocycles. The Kier molecular flexibility index (Phi) is 3.14. The van der Waals surface area contributed by atoms with Crippen LogP contribution in [-0.2, 0) is 4.79 Å². The summed E-state index contributed by atoms with van der Waals surface area (Å²) >= 11 is 0. The number of aromatic nitrogens is 1. The maximum atomic E-state index is 11.7. The number of Topliss-reactive ketones (excluding diaryl/α,β-unsaturated/α-hetero) is 1. The zero-order chi connectivity index (χ0) is 12.3. The summed E-state index contributed by atoms with van der Waals surface area (Å²) in [5.41, 5.74) is 1.09. The number of ketones is 1. The highest BCUT2D eigenvalue weighted by molar-refractivity contribution is 6.07. The van der Waals surface area contributed by atoms with Crippen molar-refractivity contribution in [3.63, 3.8) is 0 Å². The van der Waals surface area contributed by atoms with Gasteiger partial charge in [-0.15, -0.1) is 0 Å². The zero-order valence-electron chi connectivity index (χ0n) is 9.43. The molecular weight excluding hydrogens is 216 g/mol. The van der Waals surface area contributed by atoms with Crippen molar-refractivity contribution in [2.24, 2.45) is 0 Å². The Morgan fingerprint density at radius 2 is 1.94 bits per heavy atom. The predicted molar refractivity (Wildman–Crippen MR) is 64.8 cm³/mol. The van der Waals surface area contributed by atoms with Crippen LogP contribution in [0.3, 0.4) is 0 Å². The minimum atomic E-state index is -0.301. The van der Waals surface area contributed by atoms with Crippen molar-refractivity contribution in [2.45, 2.75) is 6.42 Å². The second-order valence-electron chi connectivity index (χ2n) is 3.66. The van der Waals surface area contributed by atoms with Crippen LogP contribution in [0.2, 0.25) is 0 Å². The summed E-state index contributed by atoms with van der Waals surface area (Å²) in [5, 5.41) is 3.39. The highest BCUT2D eigenvalue weighted by atomic mass is 16.2. The molecule has 86 valence electrons. The van der Waals surface area contributed by atoms with Crippen LogP contribution < -0.4 is 5.32 Å². The van der Waals surface area contributed by atoms with E-state index < -0.39 is 0 Å². The van der Waals surface area contributed by atoms with Gasteiger partial charge in [0.15, 0.2) is 5.78 Å². The Bertz CT molecular complexity index is 578. The lowest BCUT2D eigenvalue weighted by Crippen LogP contribution is -2.21. The summed E-state index contributed by atoms with van der Waals surface area (Å²) in [6.45, 7) is 0. The first-order chi connectivity index (χ1) is 8.20. The molecule has 2 rings (SSSR count). The predicted octanol–water partition coefficient (Wildman–Crippen LogP) is 1.55. The van der Waals surface area contributed by atoms with Crippen LogP contribution >= 0.6 is 0 Å². The number of para-hydroxylation sites is 1. The van der Waals surface area contributed by atoms with Gasteiger partial charge < -0.3 is 5.32 Å². The van der Waals surface area contributed by atoms with Gasteiger partial charge in [-0.1, -0.05) is 24.3 Å². The van der Waals surface area contributed by atoms with Crippen LogP contribution in [0.1, 0.15) is 16.9 Å². The number of nitrogens with zero attached hydrogens (tertiary/aromatic N) is 1. The zero-order valence-corrected chi connectivity index (χ0v) is 9.43. The topological polar surface area (TPSA) is 59.1 Å². The normalized spacial score (nSPS) is 10.2. The van der Waals surface area contributed by atoms with Crippen molar-refractivity contribution >= 4 is 22.6 Å². The van der Waals surface area contributed by atoms with Crippen LogP contribution in [0.5, 0.6) is 0 Å². The van der Waals surface area contributed by atoms with E-state index in [0.717, 1.165) is 10.9 Å². The molecule has 1 heterocycles. The molecule has 1 aromatic heterocycles. The van der Waals surface area contributed by atoms with Crippen molar-refractivity contribution in [3.8, 4) is 0 Å². The first-order valence-electron chi connectivity index (χ1n) is 5.30. The van der Waals surface area contributed by atoms with E-state index in [2.05, 4.69) is 10.3 Å².